The average Bonchev–Trinajstić information content (AvgIpc) is 3.64. The molecule has 0 amide bonds. The van der Waals surface area contributed by atoms with Gasteiger partial charge in [-0.25, -0.2) is 0 Å². The van der Waals surface area contributed by atoms with E-state index >= 15 is 0 Å². The van der Waals surface area contributed by atoms with E-state index in [2.05, 4.69) is 24.2 Å². The summed E-state index contributed by atoms with van der Waals surface area (Å²) in [5.74, 6) is 0.210. The van der Waals surface area contributed by atoms with Crippen LogP contribution in [-0.4, -0.2) is 21.3 Å². The molecule has 1 saturated carbocycles. The third-order valence-electron chi connectivity index (χ3n) is 7.56. The number of aryl methyl sites for hydroxylation is 1. The van der Waals surface area contributed by atoms with Crippen molar-refractivity contribution in [3.8, 4) is 22.5 Å². The minimum Gasteiger partial charge on any atom is -0.481 e. The van der Waals surface area contributed by atoms with E-state index in [1.807, 2.05) is 73.7 Å². The summed E-state index contributed by atoms with van der Waals surface area (Å²) in [6, 6.07) is 26.1. The Labute approximate surface area is 211 Å². The lowest BCUT2D eigenvalue weighted by molar-refractivity contribution is -0.140. The van der Waals surface area contributed by atoms with Crippen molar-refractivity contribution in [1.82, 2.24) is 5.16 Å². The van der Waals surface area contributed by atoms with Crippen molar-refractivity contribution < 1.29 is 19.5 Å². The summed E-state index contributed by atoms with van der Waals surface area (Å²) >= 11 is 0. The van der Waals surface area contributed by atoms with Gasteiger partial charge in [-0.1, -0.05) is 90.9 Å². The summed E-state index contributed by atoms with van der Waals surface area (Å²) in [6.45, 7) is 4.05. The molecule has 184 valence electrons. The Balaban J connectivity index is 1.30. The molecular formula is C31H31NO4. The van der Waals surface area contributed by atoms with E-state index in [4.69, 9.17) is 4.52 Å². The molecule has 0 saturated heterocycles. The van der Waals surface area contributed by atoms with Gasteiger partial charge in [0.1, 0.15) is 0 Å². The molecule has 5 rings (SSSR count). The minimum absolute atomic E-state index is 0.348. The van der Waals surface area contributed by atoms with Gasteiger partial charge in [-0.05, 0) is 60.8 Å². The van der Waals surface area contributed by atoms with Crippen LogP contribution in [0.2, 0.25) is 0 Å². The first-order valence-corrected chi connectivity index (χ1v) is 12.5. The normalized spacial score (nSPS) is 15.9. The summed E-state index contributed by atoms with van der Waals surface area (Å²) in [4.78, 5) is 11.6. The molecule has 0 spiro atoms. The standard InChI is InChI=1S/C31H31NO4/c1-20(22-6-4-3-5-7-22)8-17-27(33)28-21(2)32-36-29(28)25-11-9-23(10-12-25)24-13-15-26(16-14-24)31(18-19-31)30(34)35/h3-7,9-16,20,27,33H,8,17-19H2,1-2H3,(H,34,35). The Morgan fingerprint density at radius 2 is 1.50 bits per heavy atom. The van der Waals surface area contributed by atoms with Crippen LogP contribution in [0.4, 0.5) is 0 Å². The first-order valence-electron chi connectivity index (χ1n) is 12.5. The maximum absolute atomic E-state index is 11.6. The van der Waals surface area contributed by atoms with Gasteiger partial charge in [0.15, 0.2) is 5.76 Å². The Hall–Kier alpha value is -3.70. The van der Waals surface area contributed by atoms with Gasteiger partial charge in [0.05, 0.1) is 22.8 Å². The van der Waals surface area contributed by atoms with Crippen molar-refractivity contribution in [3.63, 3.8) is 0 Å². The first kappa shape index (κ1) is 24.0. The monoisotopic (exact) mass is 481 g/mol. The summed E-state index contributed by atoms with van der Waals surface area (Å²) in [5, 5.41) is 24.7. The van der Waals surface area contributed by atoms with Crippen LogP contribution in [0.1, 0.15) is 67.0 Å². The largest absolute Gasteiger partial charge is 0.481 e. The highest BCUT2D eigenvalue weighted by molar-refractivity contribution is 5.85. The SMILES string of the molecule is Cc1noc(-c2ccc(-c3ccc(C4(C(=O)O)CC4)cc3)cc2)c1C(O)CCC(C)c1ccccc1. The second-order valence-electron chi connectivity index (χ2n) is 9.96. The molecule has 0 bridgehead atoms. The van der Waals surface area contributed by atoms with Crippen LogP contribution >= 0.6 is 0 Å². The first-order chi connectivity index (χ1) is 17.4. The fourth-order valence-corrected chi connectivity index (χ4v) is 5.02. The van der Waals surface area contributed by atoms with Crippen molar-refractivity contribution in [2.75, 3.05) is 0 Å². The summed E-state index contributed by atoms with van der Waals surface area (Å²) in [7, 11) is 0. The van der Waals surface area contributed by atoms with Gasteiger partial charge in [0, 0.05) is 5.56 Å². The molecule has 4 aromatic rings. The molecule has 5 nitrogen and oxygen atoms in total. The van der Waals surface area contributed by atoms with Gasteiger partial charge in [-0.3, -0.25) is 4.79 Å². The zero-order valence-corrected chi connectivity index (χ0v) is 20.6. The molecule has 5 heteroatoms. The number of nitrogens with zero attached hydrogens (tertiary/aromatic N) is 1. The summed E-state index contributed by atoms with van der Waals surface area (Å²) in [6.07, 6.45) is 2.22. The maximum atomic E-state index is 11.6. The smallest absolute Gasteiger partial charge is 0.314 e. The second kappa shape index (κ2) is 9.75. The number of carbonyl (C=O) groups is 1. The van der Waals surface area contributed by atoms with E-state index in [1.165, 1.54) is 5.56 Å². The lowest BCUT2D eigenvalue weighted by Gasteiger charge is -2.16. The lowest BCUT2D eigenvalue weighted by Crippen LogP contribution is -2.19. The number of hydrogen-bond donors (Lipinski definition) is 2. The molecule has 1 aromatic heterocycles. The van der Waals surface area contributed by atoms with E-state index in [0.717, 1.165) is 34.2 Å². The Morgan fingerprint density at radius 1 is 0.917 bits per heavy atom. The number of hydrogen-bond acceptors (Lipinski definition) is 4. The van der Waals surface area contributed by atoms with Crippen LogP contribution in [-0.2, 0) is 10.2 Å². The molecule has 2 unspecified atom stereocenters. The summed E-state index contributed by atoms with van der Waals surface area (Å²) < 4.78 is 5.66. The number of benzene rings is 3. The predicted octanol–water partition coefficient (Wildman–Crippen LogP) is 7.05. The van der Waals surface area contributed by atoms with Crippen molar-refractivity contribution in [2.24, 2.45) is 0 Å². The van der Waals surface area contributed by atoms with Crippen LogP contribution in [0.15, 0.2) is 83.4 Å². The fourth-order valence-electron chi connectivity index (χ4n) is 5.02. The Bertz CT molecular complexity index is 1340. The zero-order chi connectivity index (χ0) is 25.3. The number of aliphatic hydroxyl groups is 1. The van der Waals surface area contributed by atoms with Crippen molar-refractivity contribution in [3.05, 3.63) is 101 Å². The molecule has 2 N–H and O–H groups in total. The molecule has 36 heavy (non-hydrogen) atoms. The van der Waals surface area contributed by atoms with Crippen LogP contribution in [0, 0.1) is 6.92 Å². The molecule has 1 aliphatic carbocycles. The van der Waals surface area contributed by atoms with Crippen molar-refractivity contribution >= 4 is 5.97 Å². The van der Waals surface area contributed by atoms with Crippen molar-refractivity contribution in [2.45, 2.75) is 57.0 Å². The van der Waals surface area contributed by atoms with Gasteiger partial charge < -0.3 is 14.7 Å². The van der Waals surface area contributed by atoms with Gasteiger partial charge in [-0.15, -0.1) is 0 Å². The fraction of sp³-hybridized carbons (Fsp3) is 0.290. The van der Waals surface area contributed by atoms with Gasteiger partial charge in [0.2, 0.25) is 0 Å². The van der Waals surface area contributed by atoms with E-state index in [9.17, 15) is 15.0 Å². The highest BCUT2D eigenvalue weighted by Gasteiger charge is 2.51. The molecule has 1 heterocycles. The highest BCUT2D eigenvalue weighted by atomic mass is 16.5. The molecular weight excluding hydrogens is 450 g/mol. The van der Waals surface area contributed by atoms with Gasteiger partial charge in [-0.2, -0.15) is 0 Å². The topological polar surface area (TPSA) is 83.6 Å². The van der Waals surface area contributed by atoms with Crippen LogP contribution in [0.3, 0.4) is 0 Å². The average molecular weight is 482 g/mol. The molecule has 1 fully saturated rings. The highest BCUT2D eigenvalue weighted by Crippen LogP contribution is 2.48. The number of aliphatic carboxylic acids is 1. The van der Waals surface area contributed by atoms with Crippen LogP contribution in [0.25, 0.3) is 22.5 Å². The molecule has 3 aromatic carbocycles. The Kier molecular flexibility index (Phi) is 6.50. The Morgan fingerprint density at radius 3 is 2.08 bits per heavy atom. The molecule has 2 atom stereocenters. The van der Waals surface area contributed by atoms with E-state index in [0.29, 0.717) is 36.6 Å². The van der Waals surface area contributed by atoms with Crippen LogP contribution in [0.5, 0.6) is 0 Å². The van der Waals surface area contributed by atoms with E-state index in [1.54, 1.807) is 0 Å². The molecule has 0 radical (unpaired) electrons. The number of carboxylic acid groups (broad SMARTS) is 1. The zero-order valence-electron chi connectivity index (χ0n) is 20.6. The lowest BCUT2D eigenvalue weighted by atomic mass is 9.91. The molecule has 1 aliphatic rings. The molecule has 0 aliphatic heterocycles. The van der Waals surface area contributed by atoms with Crippen molar-refractivity contribution in [1.29, 1.82) is 0 Å². The number of aromatic nitrogens is 1. The number of carboxylic acids is 1. The predicted molar refractivity (Wildman–Crippen MR) is 140 cm³/mol. The number of aliphatic hydroxyl groups excluding tert-OH is 1. The number of rotatable bonds is 9. The third kappa shape index (κ3) is 4.59. The third-order valence-corrected chi connectivity index (χ3v) is 7.56. The summed E-state index contributed by atoms with van der Waals surface area (Å²) in [5.41, 5.74) is 5.81. The second-order valence-corrected chi connectivity index (χ2v) is 9.96. The van der Waals surface area contributed by atoms with Gasteiger partial charge in [0.25, 0.3) is 0 Å². The van der Waals surface area contributed by atoms with Gasteiger partial charge >= 0.3 is 5.97 Å². The maximum Gasteiger partial charge on any atom is 0.314 e. The van der Waals surface area contributed by atoms with E-state index in [-0.39, 0.29) is 0 Å². The van der Waals surface area contributed by atoms with E-state index < -0.39 is 17.5 Å². The van der Waals surface area contributed by atoms with Crippen LogP contribution < -0.4 is 0 Å². The minimum atomic E-state index is -0.741. The quantitative estimate of drug-likeness (QED) is 0.268.